The average molecular weight is 347 g/mol. The zero-order valence-corrected chi connectivity index (χ0v) is 13.0. The summed E-state index contributed by atoms with van der Waals surface area (Å²) in [6.45, 7) is 0. The second kappa shape index (κ2) is 5.87. The number of nitrogens with one attached hydrogen (secondary N) is 1. The van der Waals surface area contributed by atoms with Crippen LogP contribution in [-0.4, -0.2) is 24.0 Å². The fourth-order valence-corrected chi connectivity index (χ4v) is 2.64. The van der Waals surface area contributed by atoms with Crippen LogP contribution < -0.4 is 10.2 Å². The van der Waals surface area contributed by atoms with Crippen molar-refractivity contribution in [3.05, 3.63) is 64.1 Å². The maximum absolute atomic E-state index is 10.5. The lowest BCUT2D eigenvalue weighted by molar-refractivity contribution is 0.207. The number of aliphatic hydroxyl groups excluding tert-OH is 1. The fraction of sp³-hybridized carbons (Fsp3) is 0.188. The smallest absolute Gasteiger partial charge is 0.124 e. The molecule has 2 aromatic carbocycles. The number of hydrogen-bond donors (Lipinski definition) is 2. The van der Waals surface area contributed by atoms with E-state index >= 15 is 0 Å². The van der Waals surface area contributed by atoms with Crippen LogP contribution in [0.2, 0.25) is 0 Å². The SMILES string of the molecule is COc1cccc(C2=NNC(c3ccc(Br)cc3)C2O)c1. The quantitative estimate of drug-likeness (QED) is 0.898. The fourth-order valence-electron chi connectivity index (χ4n) is 2.38. The molecule has 2 atom stereocenters. The molecule has 2 N–H and O–H groups in total. The van der Waals surface area contributed by atoms with E-state index in [-0.39, 0.29) is 6.04 Å². The molecule has 2 aromatic rings. The number of halogens is 1. The van der Waals surface area contributed by atoms with Gasteiger partial charge in [-0.15, -0.1) is 0 Å². The van der Waals surface area contributed by atoms with Gasteiger partial charge in [-0.3, -0.25) is 5.43 Å². The number of rotatable bonds is 3. The molecular formula is C16H15BrN2O2. The summed E-state index contributed by atoms with van der Waals surface area (Å²) in [6.07, 6.45) is -0.696. The lowest BCUT2D eigenvalue weighted by Crippen LogP contribution is -2.27. The summed E-state index contributed by atoms with van der Waals surface area (Å²) in [5.41, 5.74) is 5.49. The van der Waals surface area contributed by atoms with Crippen molar-refractivity contribution in [2.24, 2.45) is 5.10 Å². The molecule has 2 unspecified atom stereocenters. The molecule has 1 aliphatic rings. The molecule has 0 spiro atoms. The molecule has 4 nitrogen and oxygen atoms in total. The molecule has 108 valence electrons. The van der Waals surface area contributed by atoms with Gasteiger partial charge in [-0.2, -0.15) is 5.10 Å². The molecule has 21 heavy (non-hydrogen) atoms. The first-order valence-corrected chi connectivity index (χ1v) is 7.39. The van der Waals surface area contributed by atoms with Crippen LogP contribution in [0.25, 0.3) is 0 Å². The second-order valence-corrected chi connectivity index (χ2v) is 5.75. The van der Waals surface area contributed by atoms with Gasteiger partial charge in [-0.05, 0) is 29.8 Å². The van der Waals surface area contributed by atoms with E-state index in [4.69, 9.17) is 4.74 Å². The molecule has 1 aliphatic heterocycles. The minimum Gasteiger partial charge on any atom is -0.497 e. The molecule has 5 heteroatoms. The van der Waals surface area contributed by atoms with Crippen molar-refractivity contribution in [1.82, 2.24) is 5.43 Å². The van der Waals surface area contributed by atoms with Crippen LogP contribution in [0, 0.1) is 0 Å². The predicted octanol–water partition coefficient (Wildman–Crippen LogP) is 2.87. The topological polar surface area (TPSA) is 53.8 Å². The van der Waals surface area contributed by atoms with E-state index in [1.807, 2.05) is 48.5 Å². The number of aliphatic hydroxyl groups is 1. The summed E-state index contributed by atoms with van der Waals surface area (Å²) < 4.78 is 6.22. The van der Waals surface area contributed by atoms with E-state index in [0.29, 0.717) is 5.71 Å². The van der Waals surface area contributed by atoms with Crippen molar-refractivity contribution >= 4 is 21.6 Å². The molecule has 1 heterocycles. The Labute approximate surface area is 131 Å². The van der Waals surface area contributed by atoms with Gasteiger partial charge in [0.05, 0.1) is 12.8 Å². The molecule has 0 amide bonds. The third-order valence-electron chi connectivity index (χ3n) is 3.51. The predicted molar refractivity (Wildman–Crippen MR) is 85.6 cm³/mol. The summed E-state index contributed by atoms with van der Waals surface area (Å²) in [4.78, 5) is 0. The summed E-state index contributed by atoms with van der Waals surface area (Å²) >= 11 is 3.41. The molecule has 3 rings (SSSR count). The Kier molecular flexibility index (Phi) is 3.94. The van der Waals surface area contributed by atoms with Crippen LogP contribution in [0.15, 0.2) is 58.1 Å². The summed E-state index contributed by atoms with van der Waals surface area (Å²) in [7, 11) is 1.62. The lowest BCUT2D eigenvalue weighted by atomic mass is 9.96. The van der Waals surface area contributed by atoms with Crippen molar-refractivity contribution in [1.29, 1.82) is 0 Å². The highest BCUT2D eigenvalue weighted by Gasteiger charge is 2.31. The van der Waals surface area contributed by atoms with Gasteiger partial charge in [0, 0.05) is 10.0 Å². The highest BCUT2D eigenvalue weighted by atomic mass is 79.9. The molecule has 0 saturated heterocycles. The Hall–Kier alpha value is -1.85. The number of methoxy groups -OCH3 is 1. The van der Waals surface area contributed by atoms with Crippen molar-refractivity contribution in [3.63, 3.8) is 0 Å². The van der Waals surface area contributed by atoms with E-state index in [1.54, 1.807) is 7.11 Å². The minimum absolute atomic E-state index is 0.237. The molecule has 0 saturated carbocycles. The monoisotopic (exact) mass is 346 g/mol. The van der Waals surface area contributed by atoms with Crippen LogP contribution in [0.1, 0.15) is 17.2 Å². The zero-order chi connectivity index (χ0) is 14.8. The number of hydrogen-bond acceptors (Lipinski definition) is 4. The molecule has 0 aliphatic carbocycles. The van der Waals surface area contributed by atoms with Gasteiger partial charge in [-0.25, -0.2) is 0 Å². The summed E-state index contributed by atoms with van der Waals surface area (Å²) in [5.74, 6) is 0.745. The largest absolute Gasteiger partial charge is 0.497 e. The van der Waals surface area contributed by atoms with Gasteiger partial charge in [0.15, 0.2) is 0 Å². The van der Waals surface area contributed by atoms with E-state index in [1.165, 1.54) is 0 Å². The lowest BCUT2D eigenvalue weighted by Gasteiger charge is -2.16. The molecular weight excluding hydrogens is 332 g/mol. The van der Waals surface area contributed by atoms with Crippen LogP contribution in [0.3, 0.4) is 0 Å². The van der Waals surface area contributed by atoms with Gasteiger partial charge in [0.1, 0.15) is 17.9 Å². The normalized spacial score (nSPS) is 20.8. The Balaban J connectivity index is 1.85. The molecule has 0 aromatic heterocycles. The van der Waals surface area contributed by atoms with Crippen molar-refractivity contribution < 1.29 is 9.84 Å². The Morgan fingerprint density at radius 1 is 1.19 bits per heavy atom. The Morgan fingerprint density at radius 2 is 1.95 bits per heavy atom. The van der Waals surface area contributed by atoms with Crippen molar-refractivity contribution in [3.8, 4) is 5.75 Å². The first kappa shape index (κ1) is 14.1. The van der Waals surface area contributed by atoms with E-state index in [2.05, 4.69) is 26.5 Å². The van der Waals surface area contributed by atoms with Gasteiger partial charge in [0.2, 0.25) is 0 Å². The van der Waals surface area contributed by atoms with Crippen LogP contribution >= 0.6 is 15.9 Å². The third kappa shape index (κ3) is 2.80. The Morgan fingerprint density at radius 3 is 2.67 bits per heavy atom. The number of nitrogens with zero attached hydrogens (tertiary/aromatic N) is 1. The van der Waals surface area contributed by atoms with Crippen LogP contribution in [0.4, 0.5) is 0 Å². The van der Waals surface area contributed by atoms with Crippen molar-refractivity contribution in [2.45, 2.75) is 12.1 Å². The highest BCUT2D eigenvalue weighted by Crippen LogP contribution is 2.27. The van der Waals surface area contributed by atoms with Gasteiger partial charge < -0.3 is 9.84 Å². The van der Waals surface area contributed by atoms with Gasteiger partial charge >= 0.3 is 0 Å². The van der Waals surface area contributed by atoms with E-state index in [0.717, 1.165) is 21.3 Å². The molecule has 0 bridgehead atoms. The summed E-state index contributed by atoms with van der Waals surface area (Å²) in [6, 6.07) is 15.1. The summed E-state index contributed by atoms with van der Waals surface area (Å²) in [5, 5.41) is 14.8. The number of benzene rings is 2. The first-order valence-electron chi connectivity index (χ1n) is 6.60. The zero-order valence-electron chi connectivity index (χ0n) is 11.5. The van der Waals surface area contributed by atoms with Crippen LogP contribution in [0.5, 0.6) is 5.75 Å². The maximum atomic E-state index is 10.5. The average Bonchev–Trinajstić information content (AvgIpc) is 2.90. The van der Waals surface area contributed by atoms with Gasteiger partial charge in [-0.1, -0.05) is 40.2 Å². The standard InChI is InChI=1S/C16H15BrN2O2/c1-21-13-4-2-3-11(9-13)15-16(20)14(18-19-15)10-5-7-12(17)8-6-10/h2-9,14,16,18,20H,1H3. The van der Waals surface area contributed by atoms with Crippen LogP contribution in [-0.2, 0) is 0 Å². The minimum atomic E-state index is -0.696. The molecule has 0 radical (unpaired) electrons. The van der Waals surface area contributed by atoms with Crippen molar-refractivity contribution in [2.75, 3.05) is 7.11 Å². The Bertz CT molecular complexity index is 670. The molecule has 0 fully saturated rings. The third-order valence-corrected chi connectivity index (χ3v) is 4.04. The van der Waals surface area contributed by atoms with E-state index in [9.17, 15) is 5.11 Å². The number of hydrazone groups is 1. The van der Waals surface area contributed by atoms with Gasteiger partial charge in [0.25, 0.3) is 0 Å². The number of ether oxygens (including phenoxy) is 1. The second-order valence-electron chi connectivity index (χ2n) is 4.83. The first-order chi connectivity index (χ1) is 10.2. The maximum Gasteiger partial charge on any atom is 0.124 e. The highest BCUT2D eigenvalue weighted by molar-refractivity contribution is 9.10. The van der Waals surface area contributed by atoms with E-state index < -0.39 is 6.10 Å².